The molecular weight excluding hydrogens is 422 g/mol. The molecule has 2 atom stereocenters. The number of pyridine rings is 1. The second-order valence-electron chi connectivity index (χ2n) is 7.28. The highest BCUT2D eigenvalue weighted by Crippen LogP contribution is 2.36. The van der Waals surface area contributed by atoms with Crippen molar-refractivity contribution in [2.45, 2.75) is 43.8 Å². The van der Waals surface area contributed by atoms with E-state index in [9.17, 15) is 28.2 Å². The Bertz CT molecular complexity index is 1080. The third-order valence-electron chi connectivity index (χ3n) is 5.46. The van der Waals surface area contributed by atoms with Gasteiger partial charge in [0.25, 0.3) is 5.91 Å². The molecule has 0 radical (unpaired) electrons. The van der Waals surface area contributed by atoms with Crippen LogP contribution in [0.15, 0.2) is 41.4 Å². The molecular formula is C21H25N3O6S. The molecule has 0 fully saturated rings. The topological polar surface area (TPSA) is 137 Å². The second kappa shape index (κ2) is 9.03. The van der Waals surface area contributed by atoms with Crippen LogP contribution < -0.4 is 5.32 Å². The van der Waals surface area contributed by atoms with E-state index in [4.69, 9.17) is 0 Å². The van der Waals surface area contributed by atoms with Crippen LogP contribution in [-0.2, 0) is 16.4 Å². The van der Waals surface area contributed by atoms with Crippen molar-refractivity contribution in [3.05, 3.63) is 58.9 Å². The van der Waals surface area contributed by atoms with Crippen molar-refractivity contribution in [1.82, 2.24) is 15.2 Å². The number of nitrogens with one attached hydrogen (secondary N) is 1. The van der Waals surface area contributed by atoms with Crippen LogP contribution in [-0.4, -0.2) is 52.9 Å². The lowest BCUT2D eigenvalue weighted by Crippen LogP contribution is -2.31. The van der Waals surface area contributed by atoms with E-state index in [1.54, 1.807) is 18.2 Å². The number of hydrogen-bond acceptors (Lipinski definition) is 6. The monoisotopic (exact) mass is 447 g/mol. The molecule has 3 rings (SSSR count). The fourth-order valence-electron chi connectivity index (χ4n) is 3.72. The normalized spacial score (nSPS) is 16.6. The average Bonchev–Trinajstić information content (AvgIpc) is 3.15. The maximum atomic E-state index is 12.8. The van der Waals surface area contributed by atoms with Crippen molar-refractivity contribution >= 4 is 21.8 Å². The number of amides is 2. The van der Waals surface area contributed by atoms with Gasteiger partial charge >= 0.3 is 6.09 Å². The molecule has 1 aromatic heterocycles. The van der Waals surface area contributed by atoms with E-state index < -0.39 is 34.5 Å². The Hall–Kier alpha value is -2.98. The number of carbonyl (C=O) groups excluding carboxylic acids is 1. The molecule has 0 aliphatic carbocycles. The molecule has 2 heterocycles. The quantitative estimate of drug-likeness (QED) is 0.592. The molecule has 2 amide bonds. The van der Waals surface area contributed by atoms with Gasteiger partial charge in [-0.3, -0.25) is 14.7 Å². The predicted molar refractivity (Wildman–Crippen MR) is 112 cm³/mol. The smallest absolute Gasteiger partial charge is 0.408 e. The Morgan fingerprint density at radius 2 is 2.00 bits per heavy atom. The van der Waals surface area contributed by atoms with Crippen molar-refractivity contribution in [2.24, 2.45) is 0 Å². The molecule has 10 heteroatoms. The first-order chi connectivity index (χ1) is 14.7. The summed E-state index contributed by atoms with van der Waals surface area (Å²) in [5.74, 6) is -0.499. The number of hydrogen-bond donors (Lipinski definition) is 3. The Kier molecular flexibility index (Phi) is 6.61. The first kappa shape index (κ1) is 22.7. The number of benzene rings is 1. The second-order valence-corrected chi connectivity index (χ2v) is 9.56. The number of sulfone groups is 1. The van der Waals surface area contributed by atoms with Gasteiger partial charge in [-0.15, -0.1) is 0 Å². The van der Waals surface area contributed by atoms with E-state index in [-0.39, 0.29) is 23.2 Å². The zero-order chi connectivity index (χ0) is 22.8. The van der Waals surface area contributed by atoms with Gasteiger partial charge in [0.2, 0.25) is 0 Å². The highest BCUT2D eigenvalue weighted by atomic mass is 32.2. The third kappa shape index (κ3) is 4.54. The number of nitrogens with zero attached hydrogens (tertiary/aromatic N) is 2. The van der Waals surface area contributed by atoms with Gasteiger partial charge in [0.05, 0.1) is 35.0 Å². The van der Waals surface area contributed by atoms with E-state index in [2.05, 4.69) is 10.3 Å². The van der Waals surface area contributed by atoms with Gasteiger partial charge < -0.3 is 15.5 Å². The van der Waals surface area contributed by atoms with E-state index in [1.165, 1.54) is 30.2 Å². The van der Waals surface area contributed by atoms with Crippen LogP contribution in [0.2, 0.25) is 0 Å². The zero-order valence-electron chi connectivity index (χ0n) is 17.3. The molecule has 0 saturated heterocycles. The predicted octanol–water partition coefficient (Wildman–Crippen LogP) is 2.28. The van der Waals surface area contributed by atoms with Gasteiger partial charge in [0.1, 0.15) is 0 Å². The minimum Gasteiger partial charge on any atom is -0.465 e. The highest BCUT2D eigenvalue weighted by Gasteiger charge is 2.32. The summed E-state index contributed by atoms with van der Waals surface area (Å²) >= 11 is 0. The van der Waals surface area contributed by atoms with Crippen molar-refractivity contribution in [1.29, 1.82) is 0 Å². The minimum absolute atomic E-state index is 0.0509. The Morgan fingerprint density at radius 3 is 2.55 bits per heavy atom. The summed E-state index contributed by atoms with van der Waals surface area (Å²) in [6, 6.07) is 6.85. The zero-order valence-corrected chi connectivity index (χ0v) is 18.1. The molecule has 2 aromatic rings. The van der Waals surface area contributed by atoms with Crippen LogP contribution >= 0.6 is 0 Å². The molecule has 0 saturated carbocycles. The number of carboxylic acid groups (broad SMARTS) is 1. The summed E-state index contributed by atoms with van der Waals surface area (Å²) in [6.07, 6.45) is 0.838. The number of fused-ring (bicyclic) bond motifs is 1. The average molecular weight is 448 g/mol. The van der Waals surface area contributed by atoms with E-state index in [1.807, 2.05) is 6.92 Å². The highest BCUT2D eigenvalue weighted by molar-refractivity contribution is 7.91. The molecule has 166 valence electrons. The number of aromatic nitrogens is 1. The van der Waals surface area contributed by atoms with Gasteiger partial charge in [-0.05, 0) is 41.8 Å². The first-order valence-electron chi connectivity index (χ1n) is 9.94. The molecule has 0 spiro atoms. The molecule has 1 aliphatic heterocycles. The maximum absolute atomic E-state index is 12.8. The van der Waals surface area contributed by atoms with Crippen LogP contribution in [0.4, 0.5) is 4.79 Å². The Morgan fingerprint density at radius 1 is 1.26 bits per heavy atom. The standard InChI is InChI=1S/C21H25N3O6S/c1-3-19-16-7-5-13(9-14(16)11-24(19)21(27)28)20(26)23-18(12-25)17-8-6-15(10-22-17)31(29,30)4-2/h5-10,18-19,25H,3-4,11-12H2,1-2H3,(H,23,26)(H,27,28)/t18-,19+/m0/s1. The summed E-state index contributed by atoms with van der Waals surface area (Å²) in [4.78, 5) is 29.7. The SMILES string of the molecule is CC[C@@H]1c2ccc(C(=O)N[C@@H](CO)c3ccc(S(=O)(=O)CC)cn3)cc2CN1C(=O)O. The lowest BCUT2D eigenvalue weighted by molar-refractivity contribution is 0.0914. The first-order valence-corrected chi connectivity index (χ1v) is 11.6. The van der Waals surface area contributed by atoms with E-state index >= 15 is 0 Å². The molecule has 0 bridgehead atoms. The third-order valence-corrected chi connectivity index (χ3v) is 7.18. The van der Waals surface area contributed by atoms with Crippen LogP contribution in [0.25, 0.3) is 0 Å². The van der Waals surface area contributed by atoms with Crippen LogP contribution in [0.5, 0.6) is 0 Å². The lowest BCUT2D eigenvalue weighted by Gasteiger charge is -2.20. The van der Waals surface area contributed by atoms with Crippen LogP contribution in [0.1, 0.15) is 59.5 Å². The van der Waals surface area contributed by atoms with Crippen molar-refractivity contribution in [3.8, 4) is 0 Å². The molecule has 3 N–H and O–H groups in total. The summed E-state index contributed by atoms with van der Waals surface area (Å²) in [5.41, 5.74) is 2.32. The number of aliphatic hydroxyl groups excluding tert-OH is 1. The van der Waals surface area contributed by atoms with Crippen molar-refractivity contribution < 1.29 is 28.2 Å². The number of aliphatic hydroxyl groups is 1. The van der Waals surface area contributed by atoms with Gasteiger partial charge in [-0.25, -0.2) is 13.2 Å². The van der Waals surface area contributed by atoms with Crippen molar-refractivity contribution in [3.63, 3.8) is 0 Å². The molecule has 0 unspecified atom stereocenters. The fraction of sp³-hybridized carbons (Fsp3) is 0.381. The van der Waals surface area contributed by atoms with Gasteiger partial charge in [0, 0.05) is 18.3 Å². The van der Waals surface area contributed by atoms with Gasteiger partial charge in [-0.1, -0.05) is 19.9 Å². The number of rotatable bonds is 7. The Labute approximate surface area is 180 Å². The van der Waals surface area contributed by atoms with Gasteiger partial charge in [0.15, 0.2) is 9.84 Å². The molecule has 31 heavy (non-hydrogen) atoms. The minimum atomic E-state index is -3.39. The summed E-state index contributed by atoms with van der Waals surface area (Å²) in [5, 5.41) is 21.8. The molecule has 1 aromatic carbocycles. The summed E-state index contributed by atoms with van der Waals surface area (Å²) < 4.78 is 23.8. The number of carbonyl (C=O) groups is 2. The van der Waals surface area contributed by atoms with Crippen LogP contribution in [0, 0.1) is 0 Å². The maximum Gasteiger partial charge on any atom is 0.408 e. The van der Waals surface area contributed by atoms with Gasteiger partial charge in [-0.2, -0.15) is 0 Å². The van der Waals surface area contributed by atoms with Crippen LogP contribution in [0.3, 0.4) is 0 Å². The molecule has 1 aliphatic rings. The largest absolute Gasteiger partial charge is 0.465 e. The summed E-state index contributed by atoms with van der Waals surface area (Å²) in [6.45, 7) is 3.23. The summed E-state index contributed by atoms with van der Waals surface area (Å²) in [7, 11) is -3.39. The van der Waals surface area contributed by atoms with Crippen molar-refractivity contribution in [2.75, 3.05) is 12.4 Å². The lowest BCUT2D eigenvalue weighted by atomic mass is 10.00. The molecule has 9 nitrogen and oxygen atoms in total. The van der Waals surface area contributed by atoms with E-state index in [0.717, 1.165) is 11.1 Å². The fourth-order valence-corrected chi connectivity index (χ4v) is 4.54. The Balaban J connectivity index is 1.78. The van der Waals surface area contributed by atoms with E-state index in [0.29, 0.717) is 17.7 Å².